The maximum Gasteiger partial charge on any atom is 0.241 e. The van der Waals surface area contributed by atoms with Crippen molar-refractivity contribution in [2.75, 3.05) is 38.6 Å². The van der Waals surface area contributed by atoms with Gasteiger partial charge in [-0.3, -0.25) is 4.79 Å². The summed E-state index contributed by atoms with van der Waals surface area (Å²) in [7, 11) is 3.45. The molecule has 0 bridgehead atoms. The SMILES string of the molecule is CN(C)C(=O)CNC(=NCc1ccccc1)NC1CCN(c2ccc(F)c(Cl)c2)C1.I. The van der Waals surface area contributed by atoms with E-state index in [1.54, 1.807) is 26.2 Å². The Kier molecular flexibility index (Phi) is 9.83. The van der Waals surface area contributed by atoms with E-state index in [0.717, 1.165) is 30.8 Å². The molecule has 31 heavy (non-hydrogen) atoms. The highest BCUT2D eigenvalue weighted by molar-refractivity contribution is 14.0. The molecule has 0 aliphatic carbocycles. The molecule has 1 amide bonds. The highest BCUT2D eigenvalue weighted by Crippen LogP contribution is 2.25. The maximum absolute atomic E-state index is 13.4. The van der Waals surface area contributed by atoms with Gasteiger partial charge in [0.2, 0.25) is 5.91 Å². The Balaban J connectivity index is 0.00000341. The minimum Gasteiger partial charge on any atom is -0.369 e. The first-order valence-electron chi connectivity index (χ1n) is 9.91. The van der Waals surface area contributed by atoms with Crippen LogP contribution in [0.5, 0.6) is 0 Å². The fraction of sp³-hybridized carbons (Fsp3) is 0.364. The van der Waals surface area contributed by atoms with Crippen LogP contribution in [0.25, 0.3) is 0 Å². The second-order valence-corrected chi connectivity index (χ2v) is 7.87. The monoisotopic (exact) mass is 559 g/mol. The summed E-state index contributed by atoms with van der Waals surface area (Å²) in [5.74, 6) is 0.149. The Hall–Kier alpha value is -2.07. The van der Waals surface area contributed by atoms with Crippen LogP contribution in [0.15, 0.2) is 53.5 Å². The Morgan fingerprint density at radius 3 is 2.68 bits per heavy atom. The molecule has 2 aromatic carbocycles. The zero-order chi connectivity index (χ0) is 21.5. The Morgan fingerprint density at radius 1 is 1.26 bits per heavy atom. The van der Waals surface area contributed by atoms with Crippen LogP contribution in [0.3, 0.4) is 0 Å². The molecule has 1 heterocycles. The number of guanidine groups is 1. The number of rotatable bonds is 6. The number of hydrogen-bond acceptors (Lipinski definition) is 3. The lowest BCUT2D eigenvalue weighted by molar-refractivity contribution is -0.127. The molecule has 3 rings (SSSR count). The quantitative estimate of drug-likeness (QED) is 0.323. The summed E-state index contributed by atoms with van der Waals surface area (Å²) >= 11 is 5.93. The zero-order valence-corrected chi connectivity index (χ0v) is 20.7. The number of likely N-dealkylation sites (N-methyl/N-ethyl adjacent to an activating group) is 1. The minimum absolute atomic E-state index is 0. The molecule has 1 aliphatic rings. The summed E-state index contributed by atoms with van der Waals surface area (Å²) in [5.41, 5.74) is 1.98. The number of nitrogens with one attached hydrogen (secondary N) is 2. The second-order valence-electron chi connectivity index (χ2n) is 7.47. The Labute approximate surface area is 204 Å². The molecule has 1 unspecified atom stereocenters. The summed E-state index contributed by atoms with van der Waals surface area (Å²) in [5, 5.41) is 6.68. The Bertz CT molecular complexity index is 897. The largest absolute Gasteiger partial charge is 0.369 e. The second kappa shape index (κ2) is 12.1. The van der Waals surface area contributed by atoms with Gasteiger partial charge in [-0.1, -0.05) is 41.9 Å². The van der Waals surface area contributed by atoms with Gasteiger partial charge in [-0.25, -0.2) is 9.38 Å². The number of halogens is 3. The van der Waals surface area contributed by atoms with Crippen LogP contribution in [0.4, 0.5) is 10.1 Å². The van der Waals surface area contributed by atoms with Crippen molar-refractivity contribution in [2.24, 2.45) is 4.99 Å². The van der Waals surface area contributed by atoms with E-state index in [-0.39, 0.29) is 47.5 Å². The van der Waals surface area contributed by atoms with Crippen molar-refractivity contribution in [1.29, 1.82) is 0 Å². The lowest BCUT2D eigenvalue weighted by Gasteiger charge is -2.21. The van der Waals surface area contributed by atoms with Crippen LogP contribution in [0.1, 0.15) is 12.0 Å². The lowest BCUT2D eigenvalue weighted by Crippen LogP contribution is -2.47. The smallest absolute Gasteiger partial charge is 0.241 e. The standard InChI is InChI=1S/C22H27ClFN5O.HI/c1-28(2)21(30)14-26-22(25-13-16-6-4-3-5-7-16)27-17-10-11-29(15-17)18-8-9-20(24)19(23)12-18;/h3-9,12,17H,10-11,13-15H2,1-2H3,(H2,25,26,27);1H. The van der Waals surface area contributed by atoms with E-state index < -0.39 is 5.82 Å². The van der Waals surface area contributed by atoms with Crippen molar-refractivity contribution in [3.05, 3.63) is 64.9 Å². The lowest BCUT2D eigenvalue weighted by atomic mass is 10.2. The zero-order valence-electron chi connectivity index (χ0n) is 17.6. The van der Waals surface area contributed by atoms with E-state index in [0.29, 0.717) is 12.5 Å². The number of hydrogen-bond donors (Lipinski definition) is 2. The summed E-state index contributed by atoms with van der Waals surface area (Å²) in [6, 6.07) is 14.9. The summed E-state index contributed by atoms with van der Waals surface area (Å²) < 4.78 is 13.4. The molecule has 2 N–H and O–H groups in total. The molecule has 1 atom stereocenters. The van der Waals surface area contributed by atoms with Gasteiger partial charge in [0.05, 0.1) is 18.1 Å². The van der Waals surface area contributed by atoms with Crippen molar-refractivity contribution in [3.63, 3.8) is 0 Å². The molecule has 1 aliphatic heterocycles. The molecule has 0 spiro atoms. The summed E-state index contributed by atoms with van der Waals surface area (Å²) in [6.07, 6.45) is 0.892. The molecule has 1 fully saturated rings. The first kappa shape index (κ1) is 25.2. The molecular weight excluding hydrogens is 532 g/mol. The predicted octanol–water partition coefficient (Wildman–Crippen LogP) is 3.50. The molecular formula is C22H28ClFIN5O. The highest BCUT2D eigenvalue weighted by atomic mass is 127. The molecule has 1 saturated heterocycles. The Morgan fingerprint density at radius 2 is 2.00 bits per heavy atom. The topological polar surface area (TPSA) is 60.0 Å². The van der Waals surface area contributed by atoms with Gasteiger partial charge >= 0.3 is 0 Å². The van der Waals surface area contributed by atoms with Gasteiger partial charge in [-0.05, 0) is 30.2 Å². The number of anilines is 1. The maximum atomic E-state index is 13.4. The number of nitrogens with zero attached hydrogens (tertiary/aromatic N) is 3. The number of amides is 1. The van der Waals surface area contributed by atoms with Crippen LogP contribution in [-0.4, -0.2) is 56.5 Å². The summed E-state index contributed by atoms with van der Waals surface area (Å²) in [4.78, 5) is 20.3. The van der Waals surface area contributed by atoms with Crippen molar-refractivity contribution in [1.82, 2.24) is 15.5 Å². The van der Waals surface area contributed by atoms with Gasteiger partial charge < -0.3 is 20.4 Å². The predicted molar refractivity (Wildman–Crippen MR) is 135 cm³/mol. The van der Waals surface area contributed by atoms with Crippen LogP contribution < -0.4 is 15.5 Å². The van der Waals surface area contributed by atoms with Crippen molar-refractivity contribution >= 4 is 53.1 Å². The normalized spacial score (nSPS) is 15.9. The van der Waals surface area contributed by atoms with Crippen LogP contribution in [-0.2, 0) is 11.3 Å². The number of benzene rings is 2. The number of aliphatic imine (C=N–C) groups is 1. The third-order valence-corrected chi connectivity index (χ3v) is 5.26. The van der Waals surface area contributed by atoms with Crippen LogP contribution in [0.2, 0.25) is 5.02 Å². The van der Waals surface area contributed by atoms with Crippen molar-refractivity contribution in [3.8, 4) is 0 Å². The first-order valence-corrected chi connectivity index (χ1v) is 10.3. The highest BCUT2D eigenvalue weighted by Gasteiger charge is 2.24. The molecule has 2 aromatic rings. The van der Waals surface area contributed by atoms with Gasteiger partial charge in [0, 0.05) is 38.9 Å². The average Bonchev–Trinajstić information content (AvgIpc) is 3.21. The molecule has 0 radical (unpaired) electrons. The third-order valence-electron chi connectivity index (χ3n) is 4.97. The van der Waals surface area contributed by atoms with Gasteiger partial charge in [0.25, 0.3) is 0 Å². The number of carbonyl (C=O) groups excluding carboxylic acids is 1. The fourth-order valence-electron chi connectivity index (χ4n) is 3.21. The van der Waals surface area contributed by atoms with E-state index in [1.165, 1.54) is 11.0 Å². The average molecular weight is 560 g/mol. The molecule has 6 nitrogen and oxygen atoms in total. The minimum atomic E-state index is -0.417. The molecule has 9 heteroatoms. The van der Waals surface area contributed by atoms with Crippen LogP contribution >= 0.6 is 35.6 Å². The van der Waals surface area contributed by atoms with Gasteiger partial charge in [-0.2, -0.15) is 0 Å². The first-order chi connectivity index (χ1) is 14.4. The third kappa shape index (κ3) is 7.53. The van der Waals surface area contributed by atoms with Crippen molar-refractivity contribution < 1.29 is 9.18 Å². The van der Waals surface area contributed by atoms with Gasteiger partial charge in [0.15, 0.2) is 5.96 Å². The van der Waals surface area contributed by atoms with Crippen molar-refractivity contribution in [2.45, 2.75) is 19.0 Å². The number of carbonyl (C=O) groups is 1. The van der Waals surface area contributed by atoms with E-state index in [1.807, 2.05) is 30.3 Å². The summed E-state index contributed by atoms with van der Waals surface area (Å²) in [6.45, 7) is 2.23. The van der Waals surface area contributed by atoms with Crippen LogP contribution in [0, 0.1) is 5.82 Å². The van der Waals surface area contributed by atoms with E-state index >= 15 is 0 Å². The molecule has 168 valence electrons. The molecule has 0 saturated carbocycles. The fourth-order valence-corrected chi connectivity index (χ4v) is 3.39. The van der Waals surface area contributed by atoms with E-state index in [2.05, 4.69) is 20.5 Å². The van der Waals surface area contributed by atoms with E-state index in [9.17, 15) is 9.18 Å². The molecule has 0 aromatic heterocycles. The van der Waals surface area contributed by atoms with Gasteiger partial charge in [0.1, 0.15) is 5.82 Å². The van der Waals surface area contributed by atoms with Gasteiger partial charge in [-0.15, -0.1) is 24.0 Å². The van der Waals surface area contributed by atoms with E-state index in [4.69, 9.17) is 11.6 Å².